The molecule has 1 aromatic carbocycles. The molecule has 0 spiro atoms. The predicted octanol–water partition coefficient (Wildman–Crippen LogP) is 3.95. The molecule has 166 valence electrons. The number of amides is 1. The summed E-state index contributed by atoms with van der Waals surface area (Å²) in [6.07, 6.45) is -3.10. The van der Waals surface area contributed by atoms with Gasteiger partial charge in [0, 0.05) is 49.9 Å². The predicted molar refractivity (Wildman–Crippen MR) is 116 cm³/mol. The van der Waals surface area contributed by atoms with Gasteiger partial charge in [-0.2, -0.15) is 13.2 Å². The third-order valence-corrected chi connectivity index (χ3v) is 6.62. The van der Waals surface area contributed by atoms with Crippen molar-refractivity contribution < 1.29 is 18.0 Å². The first kappa shape index (κ1) is 22.1. The maximum absolute atomic E-state index is 14.2. The Kier molecular flexibility index (Phi) is 6.25. The molecule has 1 atom stereocenters. The Balaban J connectivity index is 1.44. The van der Waals surface area contributed by atoms with E-state index in [1.807, 2.05) is 47.4 Å². The van der Waals surface area contributed by atoms with Crippen LogP contribution in [0.4, 0.5) is 19.0 Å². The molecular formula is C22H24BrF3N4O. The lowest BCUT2D eigenvalue weighted by Crippen LogP contribution is -2.58. The molecule has 2 aliphatic rings. The second-order valence-corrected chi connectivity index (χ2v) is 9.06. The SMILES string of the molecule is O=C(N1CCN(c2ccc(Br)cn2)CC1)C1(C(F)(F)F)CCN(Cc2ccccc2)C1. The average Bonchev–Trinajstić information content (AvgIpc) is 3.20. The highest BCUT2D eigenvalue weighted by Gasteiger charge is 2.64. The Labute approximate surface area is 188 Å². The number of piperazine rings is 1. The van der Waals surface area contributed by atoms with Crippen molar-refractivity contribution >= 4 is 27.7 Å². The van der Waals surface area contributed by atoms with E-state index < -0.39 is 17.5 Å². The van der Waals surface area contributed by atoms with E-state index in [0.29, 0.717) is 19.6 Å². The highest BCUT2D eigenvalue weighted by Crippen LogP contribution is 2.47. The molecule has 0 N–H and O–H groups in total. The molecule has 2 aliphatic heterocycles. The van der Waals surface area contributed by atoms with Crippen molar-refractivity contribution in [2.75, 3.05) is 44.2 Å². The van der Waals surface area contributed by atoms with Crippen LogP contribution >= 0.6 is 15.9 Å². The first-order chi connectivity index (χ1) is 14.8. The molecule has 0 bridgehead atoms. The molecule has 0 aliphatic carbocycles. The first-order valence-corrected chi connectivity index (χ1v) is 11.1. The second-order valence-electron chi connectivity index (χ2n) is 8.14. The molecule has 1 unspecified atom stereocenters. The number of rotatable bonds is 4. The van der Waals surface area contributed by atoms with Crippen molar-refractivity contribution in [2.45, 2.75) is 19.1 Å². The van der Waals surface area contributed by atoms with E-state index in [0.717, 1.165) is 15.9 Å². The van der Waals surface area contributed by atoms with Crippen molar-refractivity contribution in [1.82, 2.24) is 14.8 Å². The summed E-state index contributed by atoms with van der Waals surface area (Å²) >= 11 is 3.34. The second kappa shape index (κ2) is 8.78. The molecule has 3 heterocycles. The van der Waals surface area contributed by atoms with E-state index in [9.17, 15) is 18.0 Å². The Hall–Kier alpha value is -2.13. The number of likely N-dealkylation sites (tertiary alicyclic amines) is 1. The van der Waals surface area contributed by atoms with Crippen LogP contribution in [0, 0.1) is 5.41 Å². The van der Waals surface area contributed by atoms with E-state index in [1.54, 1.807) is 11.1 Å². The fourth-order valence-corrected chi connectivity index (χ4v) is 4.62. The van der Waals surface area contributed by atoms with Crippen LogP contribution in [-0.4, -0.2) is 66.1 Å². The van der Waals surface area contributed by atoms with Gasteiger partial charge in [0.25, 0.3) is 0 Å². The lowest BCUT2D eigenvalue weighted by atomic mass is 9.84. The Morgan fingerprint density at radius 3 is 2.35 bits per heavy atom. The van der Waals surface area contributed by atoms with Gasteiger partial charge in [0.15, 0.2) is 5.41 Å². The fourth-order valence-electron chi connectivity index (χ4n) is 4.39. The summed E-state index contributed by atoms with van der Waals surface area (Å²) in [5, 5.41) is 0. The highest BCUT2D eigenvalue weighted by molar-refractivity contribution is 9.10. The minimum Gasteiger partial charge on any atom is -0.353 e. The van der Waals surface area contributed by atoms with Gasteiger partial charge in [0.05, 0.1) is 0 Å². The minimum atomic E-state index is -4.58. The smallest absolute Gasteiger partial charge is 0.353 e. The number of aromatic nitrogens is 1. The van der Waals surface area contributed by atoms with Crippen molar-refractivity contribution in [1.29, 1.82) is 0 Å². The highest BCUT2D eigenvalue weighted by atomic mass is 79.9. The molecule has 0 saturated carbocycles. The lowest BCUT2D eigenvalue weighted by Gasteiger charge is -2.40. The van der Waals surface area contributed by atoms with Crippen molar-refractivity contribution in [3.8, 4) is 0 Å². The number of hydrogen-bond donors (Lipinski definition) is 0. The van der Waals surface area contributed by atoms with Gasteiger partial charge in [-0.1, -0.05) is 30.3 Å². The zero-order valence-electron chi connectivity index (χ0n) is 17.0. The van der Waals surface area contributed by atoms with Crippen LogP contribution in [0.2, 0.25) is 0 Å². The maximum atomic E-state index is 14.2. The van der Waals surface area contributed by atoms with Crippen LogP contribution in [0.5, 0.6) is 0 Å². The van der Waals surface area contributed by atoms with Gasteiger partial charge in [-0.3, -0.25) is 9.69 Å². The molecule has 1 aromatic heterocycles. The van der Waals surface area contributed by atoms with Gasteiger partial charge in [-0.25, -0.2) is 4.98 Å². The van der Waals surface area contributed by atoms with Crippen molar-refractivity contribution in [3.05, 3.63) is 58.7 Å². The van der Waals surface area contributed by atoms with Crippen molar-refractivity contribution in [2.24, 2.45) is 5.41 Å². The minimum absolute atomic E-state index is 0.198. The van der Waals surface area contributed by atoms with Crippen LogP contribution in [0.25, 0.3) is 0 Å². The van der Waals surface area contributed by atoms with Gasteiger partial charge >= 0.3 is 6.18 Å². The largest absolute Gasteiger partial charge is 0.404 e. The Morgan fingerprint density at radius 2 is 1.74 bits per heavy atom. The summed E-state index contributed by atoms with van der Waals surface area (Å²) in [5.41, 5.74) is -1.39. The summed E-state index contributed by atoms with van der Waals surface area (Å²) in [6.45, 7) is 1.81. The van der Waals surface area contributed by atoms with E-state index in [1.165, 1.54) is 4.90 Å². The zero-order valence-corrected chi connectivity index (χ0v) is 18.6. The lowest BCUT2D eigenvalue weighted by molar-refractivity contribution is -0.223. The van der Waals surface area contributed by atoms with Gasteiger partial charge in [0.2, 0.25) is 5.91 Å². The van der Waals surface area contributed by atoms with E-state index in [4.69, 9.17) is 0 Å². The monoisotopic (exact) mass is 496 g/mol. The molecule has 4 rings (SSSR count). The number of anilines is 1. The van der Waals surface area contributed by atoms with Crippen LogP contribution in [0.15, 0.2) is 53.1 Å². The van der Waals surface area contributed by atoms with Gasteiger partial charge in [0.1, 0.15) is 5.82 Å². The molecular weight excluding hydrogens is 473 g/mol. The molecule has 5 nitrogen and oxygen atoms in total. The summed E-state index contributed by atoms with van der Waals surface area (Å²) in [7, 11) is 0. The van der Waals surface area contributed by atoms with E-state index >= 15 is 0 Å². The van der Waals surface area contributed by atoms with Crippen LogP contribution < -0.4 is 4.90 Å². The molecule has 1 amide bonds. The maximum Gasteiger partial charge on any atom is 0.404 e. The third kappa shape index (κ3) is 4.57. The first-order valence-electron chi connectivity index (χ1n) is 10.3. The number of alkyl halides is 3. The van der Waals surface area contributed by atoms with Crippen LogP contribution in [-0.2, 0) is 11.3 Å². The molecule has 9 heteroatoms. The standard InChI is InChI=1S/C22H24BrF3N4O/c23-18-6-7-19(27-14-18)29-10-12-30(13-11-29)20(31)21(22(24,25)26)8-9-28(16-21)15-17-4-2-1-3-5-17/h1-7,14H,8-13,15-16H2. The number of halogens is 4. The topological polar surface area (TPSA) is 39.7 Å². The van der Waals surface area contributed by atoms with Gasteiger partial charge < -0.3 is 9.80 Å². The number of carbonyl (C=O) groups is 1. The van der Waals surface area contributed by atoms with E-state index in [-0.39, 0.29) is 32.6 Å². The average molecular weight is 497 g/mol. The number of nitrogens with zero attached hydrogens (tertiary/aromatic N) is 4. The normalized spacial score (nSPS) is 22.7. The molecule has 2 fully saturated rings. The molecule has 2 saturated heterocycles. The summed E-state index contributed by atoms with van der Waals surface area (Å²) in [6, 6.07) is 13.1. The van der Waals surface area contributed by atoms with Gasteiger partial charge in [-0.05, 0) is 46.6 Å². The summed E-state index contributed by atoms with van der Waals surface area (Å²) in [5.74, 6) is -0.0327. The summed E-state index contributed by atoms with van der Waals surface area (Å²) < 4.78 is 43.5. The number of hydrogen-bond acceptors (Lipinski definition) is 4. The molecule has 31 heavy (non-hydrogen) atoms. The zero-order chi connectivity index (χ0) is 22.1. The summed E-state index contributed by atoms with van der Waals surface area (Å²) in [4.78, 5) is 22.7. The molecule has 0 radical (unpaired) electrons. The fraction of sp³-hybridized carbons (Fsp3) is 0.455. The molecule has 2 aromatic rings. The number of carbonyl (C=O) groups excluding carboxylic acids is 1. The van der Waals surface area contributed by atoms with Crippen molar-refractivity contribution in [3.63, 3.8) is 0 Å². The Bertz CT molecular complexity index is 901. The van der Waals surface area contributed by atoms with Crippen LogP contribution in [0.1, 0.15) is 12.0 Å². The van der Waals surface area contributed by atoms with Crippen LogP contribution in [0.3, 0.4) is 0 Å². The van der Waals surface area contributed by atoms with E-state index in [2.05, 4.69) is 20.9 Å². The quantitative estimate of drug-likeness (QED) is 0.642. The third-order valence-electron chi connectivity index (χ3n) is 6.15. The number of benzene rings is 1. The Morgan fingerprint density at radius 1 is 1.03 bits per heavy atom. The van der Waals surface area contributed by atoms with Gasteiger partial charge in [-0.15, -0.1) is 0 Å². The number of pyridine rings is 1.